The Morgan fingerprint density at radius 2 is 0.905 bits per heavy atom. The van der Waals surface area contributed by atoms with Gasteiger partial charge in [0.1, 0.15) is 0 Å². The van der Waals surface area contributed by atoms with E-state index in [0.29, 0.717) is 0 Å². The summed E-state index contributed by atoms with van der Waals surface area (Å²) in [4.78, 5) is 0. The molecule has 1 unspecified atom stereocenters. The maximum Gasteiger partial charge on any atom is 0.460 e. The van der Waals surface area contributed by atoms with Gasteiger partial charge in [-0.25, -0.2) is 4.39 Å². The summed E-state index contributed by atoms with van der Waals surface area (Å²) >= 11 is 0. The van der Waals surface area contributed by atoms with Crippen molar-refractivity contribution in [2.75, 3.05) is 0 Å². The second-order valence-corrected chi connectivity index (χ2v) is 3.50. The number of alkyl halides is 12. The Morgan fingerprint density at radius 1 is 0.571 bits per heavy atom. The fourth-order valence-corrected chi connectivity index (χ4v) is 0.881. The predicted octanol–water partition coefficient (Wildman–Crippen LogP) is 4.86. The largest absolute Gasteiger partial charge is 0.460 e. The second-order valence-electron chi connectivity index (χ2n) is 3.50. The van der Waals surface area contributed by atoms with Crippen molar-refractivity contribution in [2.24, 2.45) is 0 Å². The molecule has 0 saturated heterocycles. The van der Waals surface area contributed by atoms with E-state index in [1.165, 1.54) is 0 Å². The molecule has 0 aromatic rings. The average Bonchev–Trinajstić information content (AvgIpc) is 2.25. The average molecular weight is 351 g/mol. The van der Waals surface area contributed by atoms with Gasteiger partial charge in [0.2, 0.25) is 6.17 Å². The Morgan fingerprint density at radius 3 is 1.14 bits per heavy atom. The highest BCUT2D eigenvalue weighted by atomic mass is 19.4. The molecule has 0 nitrogen and oxygen atoms in total. The van der Waals surface area contributed by atoms with Crippen molar-refractivity contribution in [2.45, 2.75) is 36.0 Å². The summed E-state index contributed by atoms with van der Waals surface area (Å²) in [5, 5.41) is 0. The van der Waals surface area contributed by atoms with Crippen LogP contribution >= 0.6 is 0 Å². The van der Waals surface area contributed by atoms with Crippen LogP contribution in [0.3, 0.4) is 0 Å². The Labute approximate surface area is 105 Å². The fourth-order valence-electron chi connectivity index (χ4n) is 0.881. The van der Waals surface area contributed by atoms with Gasteiger partial charge in [0, 0.05) is 0 Å². The molecule has 0 aliphatic heterocycles. The van der Waals surface area contributed by atoms with E-state index in [0.717, 1.165) is 0 Å². The number of hydrogen-bond donors (Lipinski definition) is 0. The molecule has 0 rings (SSSR count). The third-order valence-corrected chi connectivity index (χ3v) is 2.07. The highest BCUT2D eigenvalue weighted by molar-refractivity contribution is 5.10. The van der Waals surface area contributed by atoms with Crippen molar-refractivity contribution in [3.63, 3.8) is 0 Å². The molecule has 0 fully saturated rings. The van der Waals surface area contributed by atoms with Gasteiger partial charge in [0.25, 0.3) is 0 Å². The third kappa shape index (κ3) is 2.72. The van der Waals surface area contributed by atoms with Crippen LogP contribution in [-0.2, 0) is 0 Å². The zero-order valence-electron chi connectivity index (χ0n) is 8.87. The van der Waals surface area contributed by atoms with Gasteiger partial charge < -0.3 is 0 Å². The van der Waals surface area contributed by atoms with Crippen LogP contribution in [0.2, 0.25) is 0 Å². The van der Waals surface area contributed by atoms with Gasteiger partial charge in [0.15, 0.2) is 0 Å². The van der Waals surface area contributed by atoms with Gasteiger partial charge in [-0.2, -0.15) is 57.1 Å². The summed E-state index contributed by atoms with van der Waals surface area (Å²) in [6.45, 7) is 0. The first-order valence-electron chi connectivity index (χ1n) is 4.25. The zero-order valence-corrected chi connectivity index (χ0v) is 8.87. The molecule has 0 aromatic carbocycles. The Balaban J connectivity index is 6.01. The zero-order chi connectivity index (χ0) is 17.7. The highest BCUT2D eigenvalue weighted by Crippen LogP contribution is 2.58. The number of rotatable bonds is 5. The molecule has 1 radical (unpaired) electrons. The smallest absolute Gasteiger partial charge is 0.234 e. The SMILES string of the molecule is F[C](F)C(F)C(F)(F)C(F)(F)C(F)(F)C(F)(F)C(F)(F)F. The molecule has 1 atom stereocenters. The Bertz CT molecular complexity index is 364. The minimum absolute atomic E-state index is 4.22. The quantitative estimate of drug-likeness (QED) is 0.621. The van der Waals surface area contributed by atoms with E-state index in [1.807, 2.05) is 0 Å². The highest BCUT2D eigenvalue weighted by Gasteiger charge is 2.88. The molecule has 0 bridgehead atoms. The summed E-state index contributed by atoms with van der Waals surface area (Å²) in [6, 6.07) is 0. The molecular formula is C7HF14. The topological polar surface area (TPSA) is 0 Å². The first-order valence-corrected chi connectivity index (χ1v) is 4.25. The van der Waals surface area contributed by atoms with E-state index in [-0.39, 0.29) is 0 Å². The molecule has 0 heterocycles. The molecule has 0 saturated carbocycles. The first-order chi connectivity index (χ1) is 8.85. The second kappa shape index (κ2) is 5.04. The lowest BCUT2D eigenvalue weighted by atomic mass is 9.95. The Hall–Kier alpha value is -0.980. The van der Waals surface area contributed by atoms with Crippen LogP contribution in [0.4, 0.5) is 61.5 Å². The van der Waals surface area contributed by atoms with Gasteiger partial charge in [0.05, 0.1) is 0 Å². The molecule has 0 aromatic heterocycles. The summed E-state index contributed by atoms with van der Waals surface area (Å²) in [7, 11) is 0. The lowest BCUT2D eigenvalue weighted by molar-refractivity contribution is -0.427. The molecule has 127 valence electrons. The first kappa shape index (κ1) is 20.0. The monoisotopic (exact) mass is 351 g/mol. The lowest BCUT2D eigenvalue weighted by Crippen LogP contribution is -2.68. The van der Waals surface area contributed by atoms with E-state index in [9.17, 15) is 61.5 Å². The van der Waals surface area contributed by atoms with E-state index < -0.39 is 42.5 Å². The van der Waals surface area contributed by atoms with Gasteiger partial charge in [-0.05, 0) is 0 Å². The minimum Gasteiger partial charge on any atom is -0.234 e. The molecule has 14 heteroatoms. The normalized spacial score (nSPS) is 17.3. The summed E-state index contributed by atoms with van der Waals surface area (Å²) in [5.41, 5.74) is 0. The van der Waals surface area contributed by atoms with Crippen LogP contribution in [0.1, 0.15) is 0 Å². The van der Waals surface area contributed by atoms with Crippen molar-refractivity contribution in [3.05, 3.63) is 6.43 Å². The van der Waals surface area contributed by atoms with Gasteiger partial charge in [-0.3, -0.25) is 0 Å². The summed E-state index contributed by atoms with van der Waals surface area (Å²) in [5.74, 6) is -30.6. The van der Waals surface area contributed by atoms with Crippen LogP contribution in [-0.4, -0.2) is 36.0 Å². The van der Waals surface area contributed by atoms with Crippen LogP contribution in [0.15, 0.2) is 0 Å². The molecule has 21 heavy (non-hydrogen) atoms. The predicted molar refractivity (Wildman–Crippen MR) is 36.2 cm³/mol. The lowest BCUT2D eigenvalue weighted by Gasteiger charge is -2.37. The van der Waals surface area contributed by atoms with Gasteiger partial charge in [-0.15, -0.1) is 0 Å². The van der Waals surface area contributed by atoms with Crippen molar-refractivity contribution >= 4 is 0 Å². The maximum absolute atomic E-state index is 12.5. The van der Waals surface area contributed by atoms with E-state index in [4.69, 9.17) is 0 Å². The van der Waals surface area contributed by atoms with Gasteiger partial charge >= 0.3 is 36.3 Å². The molecule has 0 aliphatic carbocycles. The summed E-state index contributed by atoms with van der Waals surface area (Å²) in [6.07, 6.45) is -17.1. The standard InChI is InChI=1S/C7HF14/c8-1(2(9)10)3(11,12)4(13,14)5(15,16)6(17,18)7(19,20)21/h1H. The summed E-state index contributed by atoms with van der Waals surface area (Å²) < 4.78 is 169. The van der Waals surface area contributed by atoms with Crippen molar-refractivity contribution in [1.82, 2.24) is 0 Å². The number of hydrogen-bond acceptors (Lipinski definition) is 0. The van der Waals surface area contributed by atoms with Crippen LogP contribution < -0.4 is 0 Å². The molecule has 0 amide bonds. The van der Waals surface area contributed by atoms with E-state index >= 15 is 0 Å². The Kier molecular flexibility index (Phi) is 4.80. The molecule has 0 N–H and O–H groups in total. The van der Waals surface area contributed by atoms with Crippen molar-refractivity contribution in [3.8, 4) is 0 Å². The molecule has 0 spiro atoms. The van der Waals surface area contributed by atoms with Crippen molar-refractivity contribution in [1.29, 1.82) is 0 Å². The number of halogens is 14. The van der Waals surface area contributed by atoms with Crippen LogP contribution in [0.5, 0.6) is 0 Å². The minimum atomic E-state index is -7.90. The van der Waals surface area contributed by atoms with E-state index in [2.05, 4.69) is 0 Å². The van der Waals surface area contributed by atoms with Crippen molar-refractivity contribution < 1.29 is 61.5 Å². The fraction of sp³-hybridized carbons (Fsp3) is 0.857. The molecule has 0 aliphatic rings. The van der Waals surface area contributed by atoms with Crippen LogP contribution in [0.25, 0.3) is 0 Å². The van der Waals surface area contributed by atoms with Crippen LogP contribution in [0, 0.1) is 6.43 Å². The van der Waals surface area contributed by atoms with E-state index in [1.54, 1.807) is 0 Å². The van der Waals surface area contributed by atoms with Gasteiger partial charge in [-0.1, -0.05) is 0 Å². The third-order valence-electron chi connectivity index (χ3n) is 2.07. The maximum atomic E-state index is 12.5. The molecular weight excluding hydrogens is 350 g/mol.